The maximum absolute atomic E-state index is 13.3. The van der Waals surface area contributed by atoms with Gasteiger partial charge in [0, 0.05) is 11.8 Å². The topological polar surface area (TPSA) is 35.2 Å². The van der Waals surface area contributed by atoms with E-state index in [0.717, 1.165) is 17.6 Å². The molecule has 2 nitrogen and oxygen atoms in total. The Labute approximate surface area is 77.6 Å². The van der Waals surface area contributed by atoms with Crippen molar-refractivity contribution in [2.24, 2.45) is 5.73 Å². The molecule has 0 radical (unpaired) electrons. The predicted octanol–water partition coefficient (Wildman–Crippen LogP) is 2.40. The molecule has 13 heavy (non-hydrogen) atoms. The normalized spacial score (nSPS) is 20.5. The van der Waals surface area contributed by atoms with E-state index in [4.69, 9.17) is 10.5 Å². The molecule has 0 bridgehead atoms. The average molecular weight is 183 g/mol. The molecule has 0 fully saturated rings. The highest BCUT2D eigenvalue weighted by atomic mass is 19.1. The van der Waals surface area contributed by atoms with Gasteiger partial charge in [-0.05, 0) is 18.9 Å². The van der Waals surface area contributed by atoms with E-state index >= 15 is 0 Å². The van der Waals surface area contributed by atoms with E-state index in [1.54, 1.807) is 0 Å². The van der Waals surface area contributed by atoms with E-state index in [2.05, 4.69) is 0 Å². The standard InChI is InChI=1S/C10H14FNO/c1-3-7-4-8(6-12)10(13-2)9(11)5-7/h5-6H,3-4,12H2,1-2H3/b8-6+. The highest BCUT2D eigenvalue weighted by molar-refractivity contribution is 5.41. The smallest absolute Gasteiger partial charge is 0.165 e. The van der Waals surface area contributed by atoms with E-state index in [9.17, 15) is 4.39 Å². The van der Waals surface area contributed by atoms with Crippen LogP contribution in [-0.2, 0) is 4.74 Å². The van der Waals surface area contributed by atoms with Crippen LogP contribution >= 0.6 is 0 Å². The minimum Gasteiger partial charge on any atom is -0.493 e. The molecule has 0 atom stereocenters. The van der Waals surface area contributed by atoms with E-state index in [1.165, 1.54) is 19.4 Å². The highest BCUT2D eigenvalue weighted by Gasteiger charge is 2.17. The molecular formula is C10H14FNO. The third-order valence-electron chi connectivity index (χ3n) is 2.12. The van der Waals surface area contributed by atoms with Gasteiger partial charge < -0.3 is 10.5 Å². The van der Waals surface area contributed by atoms with Crippen LogP contribution in [0.15, 0.2) is 35.0 Å². The van der Waals surface area contributed by atoms with Gasteiger partial charge in [0.1, 0.15) is 0 Å². The lowest BCUT2D eigenvalue weighted by molar-refractivity contribution is 0.283. The highest BCUT2D eigenvalue weighted by Crippen LogP contribution is 2.30. The number of hydrogen-bond donors (Lipinski definition) is 1. The fourth-order valence-electron chi connectivity index (χ4n) is 1.36. The van der Waals surface area contributed by atoms with Crippen molar-refractivity contribution in [3.05, 3.63) is 35.0 Å². The Kier molecular flexibility index (Phi) is 3.12. The van der Waals surface area contributed by atoms with Crippen LogP contribution in [0.25, 0.3) is 0 Å². The number of hydrogen-bond acceptors (Lipinski definition) is 2. The summed E-state index contributed by atoms with van der Waals surface area (Å²) >= 11 is 0. The quantitative estimate of drug-likeness (QED) is 0.713. The summed E-state index contributed by atoms with van der Waals surface area (Å²) in [5.41, 5.74) is 7.14. The third kappa shape index (κ3) is 1.91. The second-order valence-corrected chi connectivity index (χ2v) is 2.91. The Morgan fingerprint density at radius 1 is 1.69 bits per heavy atom. The second-order valence-electron chi connectivity index (χ2n) is 2.91. The predicted molar refractivity (Wildman–Crippen MR) is 50.4 cm³/mol. The summed E-state index contributed by atoms with van der Waals surface area (Å²) in [6.07, 6.45) is 4.44. The van der Waals surface area contributed by atoms with Gasteiger partial charge in [0.15, 0.2) is 11.6 Å². The van der Waals surface area contributed by atoms with E-state index in [0.29, 0.717) is 6.42 Å². The summed E-state index contributed by atoms with van der Waals surface area (Å²) in [5, 5.41) is 0. The van der Waals surface area contributed by atoms with Crippen molar-refractivity contribution in [2.45, 2.75) is 19.8 Å². The first-order valence-corrected chi connectivity index (χ1v) is 4.27. The van der Waals surface area contributed by atoms with E-state index < -0.39 is 0 Å². The maximum atomic E-state index is 13.3. The summed E-state index contributed by atoms with van der Waals surface area (Å²) in [6, 6.07) is 0. The number of methoxy groups -OCH3 is 1. The lowest BCUT2D eigenvalue weighted by atomic mass is 9.96. The Bertz CT molecular complexity index is 289. The van der Waals surface area contributed by atoms with Crippen molar-refractivity contribution in [2.75, 3.05) is 7.11 Å². The van der Waals surface area contributed by atoms with Gasteiger partial charge in [0.05, 0.1) is 7.11 Å². The van der Waals surface area contributed by atoms with Crippen molar-refractivity contribution in [1.82, 2.24) is 0 Å². The van der Waals surface area contributed by atoms with Gasteiger partial charge >= 0.3 is 0 Å². The van der Waals surface area contributed by atoms with Crippen LogP contribution in [0.1, 0.15) is 19.8 Å². The molecule has 0 amide bonds. The monoisotopic (exact) mass is 183 g/mol. The van der Waals surface area contributed by atoms with Gasteiger partial charge in [-0.2, -0.15) is 0 Å². The molecule has 0 spiro atoms. The molecule has 0 unspecified atom stereocenters. The molecule has 0 aliphatic heterocycles. The zero-order chi connectivity index (χ0) is 9.84. The number of halogens is 1. The molecule has 3 heteroatoms. The van der Waals surface area contributed by atoms with Gasteiger partial charge in [-0.25, -0.2) is 4.39 Å². The maximum Gasteiger partial charge on any atom is 0.165 e. The summed E-state index contributed by atoms with van der Waals surface area (Å²) in [4.78, 5) is 0. The molecule has 2 N–H and O–H groups in total. The van der Waals surface area contributed by atoms with E-state index in [1.807, 2.05) is 6.92 Å². The molecule has 0 aromatic heterocycles. The first kappa shape index (κ1) is 9.84. The molecule has 0 heterocycles. The van der Waals surface area contributed by atoms with Crippen LogP contribution in [0.4, 0.5) is 4.39 Å². The van der Waals surface area contributed by atoms with Crippen molar-refractivity contribution < 1.29 is 9.13 Å². The second kappa shape index (κ2) is 4.12. The van der Waals surface area contributed by atoms with Crippen LogP contribution in [0.3, 0.4) is 0 Å². The van der Waals surface area contributed by atoms with Crippen LogP contribution in [0.5, 0.6) is 0 Å². The Morgan fingerprint density at radius 2 is 2.38 bits per heavy atom. The third-order valence-corrected chi connectivity index (χ3v) is 2.12. The summed E-state index contributed by atoms with van der Waals surface area (Å²) in [7, 11) is 1.45. The van der Waals surface area contributed by atoms with Crippen LogP contribution in [-0.4, -0.2) is 7.11 Å². The molecule has 0 aromatic carbocycles. The molecule has 72 valence electrons. The zero-order valence-electron chi connectivity index (χ0n) is 7.93. The summed E-state index contributed by atoms with van der Waals surface area (Å²) < 4.78 is 18.2. The SMILES string of the molecule is CCC1=CC(F)=C(OC)/C(=C/N)C1. The number of ether oxygens (including phenoxy) is 1. The van der Waals surface area contributed by atoms with Gasteiger partial charge in [-0.1, -0.05) is 12.5 Å². The van der Waals surface area contributed by atoms with Crippen LogP contribution < -0.4 is 5.73 Å². The molecule has 0 saturated heterocycles. The lowest BCUT2D eigenvalue weighted by Crippen LogP contribution is -2.04. The Balaban J connectivity index is 3.05. The minimum atomic E-state index is -0.331. The lowest BCUT2D eigenvalue weighted by Gasteiger charge is -2.17. The zero-order valence-corrected chi connectivity index (χ0v) is 7.93. The van der Waals surface area contributed by atoms with Crippen LogP contribution in [0, 0.1) is 0 Å². The fourth-order valence-corrected chi connectivity index (χ4v) is 1.36. The molecule has 1 rings (SSSR count). The minimum absolute atomic E-state index is 0.264. The molecular weight excluding hydrogens is 169 g/mol. The average Bonchev–Trinajstić information content (AvgIpc) is 2.16. The first-order chi connectivity index (χ1) is 6.22. The van der Waals surface area contributed by atoms with Crippen molar-refractivity contribution in [1.29, 1.82) is 0 Å². The fraction of sp³-hybridized carbons (Fsp3) is 0.400. The number of rotatable bonds is 2. The molecule has 0 saturated carbocycles. The van der Waals surface area contributed by atoms with Crippen molar-refractivity contribution in [3.8, 4) is 0 Å². The molecule has 1 aliphatic rings. The van der Waals surface area contributed by atoms with Gasteiger partial charge in [-0.3, -0.25) is 0 Å². The summed E-state index contributed by atoms with van der Waals surface area (Å²) in [6.45, 7) is 1.99. The number of allylic oxidation sites excluding steroid dienone is 4. The first-order valence-electron chi connectivity index (χ1n) is 4.27. The largest absolute Gasteiger partial charge is 0.493 e. The van der Waals surface area contributed by atoms with Gasteiger partial charge in [0.25, 0.3) is 0 Å². The molecule has 0 aromatic rings. The van der Waals surface area contributed by atoms with Crippen molar-refractivity contribution in [3.63, 3.8) is 0 Å². The van der Waals surface area contributed by atoms with E-state index in [-0.39, 0.29) is 11.6 Å². The van der Waals surface area contributed by atoms with Gasteiger partial charge in [0.2, 0.25) is 0 Å². The Hall–Kier alpha value is -1.25. The van der Waals surface area contributed by atoms with Gasteiger partial charge in [-0.15, -0.1) is 0 Å². The summed E-state index contributed by atoms with van der Waals surface area (Å²) in [5.74, 6) is -0.0676. The molecule has 1 aliphatic carbocycles. The van der Waals surface area contributed by atoms with Crippen LogP contribution in [0.2, 0.25) is 0 Å². The van der Waals surface area contributed by atoms with Crippen molar-refractivity contribution >= 4 is 0 Å². The number of nitrogens with two attached hydrogens (primary N) is 1. The Morgan fingerprint density at radius 3 is 2.85 bits per heavy atom.